The molecule has 0 bridgehead atoms. The lowest BCUT2D eigenvalue weighted by Crippen LogP contribution is -2.52. The Morgan fingerprint density at radius 3 is 2.76 bits per heavy atom. The smallest absolute Gasteiger partial charge is 0.205 e. The van der Waals surface area contributed by atoms with Crippen LogP contribution >= 0.6 is 11.5 Å². The van der Waals surface area contributed by atoms with Gasteiger partial charge in [0.15, 0.2) is 5.96 Å². The number of aliphatic imine (C=N–C) groups is 1. The first kappa shape index (κ1) is 19.6. The lowest BCUT2D eigenvalue weighted by Gasteiger charge is -2.36. The minimum absolute atomic E-state index is 0.875. The zero-order chi connectivity index (χ0) is 20.1. The molecular formula is C20H28N8S. The second-order valence-corrected chi connectivity index (χ2v) is 7.83. The second kappa shape index (κ2) is 9.21. The van der Waals surface area contributed by atoms with Gasteiger partial charge in [-0.1, -0.05) is 19.1 Å². The number of rotatable bonds is 6. The maximum atomic E-state index is 4.64. The van der Waals surface area contributed by atoms with Crippen molar-refractivity contribution in [1.82, 2.24) is 29.5 Å². The van der Waals surface area contributed by atoms with E-state index in [-0.39, 0.29) is 0 Å². The Morgan fingerprint density at radius 1 is 1.21 bits per heavy atom. The van der Waals surface area contributed by atoms with Crippen LogP contribution in [0.4, 0.5) is 5.13 Å². The highest BCUT2D eigenvalue weighted by Gasteiger charge is 2.21. The minimum Gasteiger partial charge on any atom is -0.356 e. The number of imidazole rings is 1. The monoisotopic (exact) mass is 412 g/mol. The topological polar surface area (TPSA) is 85.3 Å². The number of para-hydroxylation sites is 2. The van der Waals surface area contributed by atoms with Gasteiger partial charge < -0.3 is 20.1 Å². The third-order valence-electron chi connectivity index (χ3n) is 5.15. The van der Waals surface area contributed by atoms with Crippen molar-refractivity contribution in [2.24, 2.45) is 4.99 Å². The van der Waals surface area contributed by atoms with Gasteiger partial charge in [-0.05, 0) is 18.6 Å². The maximum absolute atomic E-state index is 4.64. The fraction of sp³-hybridized carbons (Fsp3) is 0.500. The zero-order valence-corrected chi connectivity index (χ0v) is 17.9. The summed E-state index contributed by atoms with van der Waals surface area (Å²) in [5.41, 5.74) is 2.14. The van der Waals surface area contributed by atoms with E-state index in [2.05, 4.69) is 52.4 Å². The molecule has 0 radical (unpaired) electrons. The number of aromatic nitrogens is 4. The quantitative estimate of drug-likeness (QED) is 0.367. The van der Waals surface area contributed by atoms with Crippen LogP contribution in [0.2, 0.25) is 0 Å². The Bertz CT molecular complexity index is 921. The summed E-state index contributed by atoms with van der Waals surface area (Å²) in [6, 6.07) is 8.16. The number of hydrogen-bond donors (Lipinski definition) is 2. The largest absolute Gasteiger partial charge is 0.356 e. The first-order valence-corrected chi connectivity index (χ1v) is 11.0. The van der Waals surface area contributed by atoms with Crippen molar-refractivity contribution >= 4 is 33.7 Å². The van der Waals surface area contributed by atoms with Gasteiger partial charge >= 0.3 is 0 Å². The number of nitrogens with zero attached hydrogens (tertiary/aromatic N) is 6. The molecule has 4 rings (SSSR count). The van der Waals surface area contributed by atoms with Gasteiger partial charge in [-0.3, -0.25) is 4.99 Å². The van der Waals surface area contributed by atoms with Gasteiger partial charge in [-0.25, -0.2) is 9.97 Å². The van der Waals surface area contributed by atoms with Crippen LogP contribution in [0.5, 0.6) is 0 Å². The van der Waals surface area contributed by atoms with E-state index in [1.807, 2.05) is 25.2 Å². The minimum atomic E-state index is 0.875. The summed E-state index contributed by atoms with van der Waals surface area (Å²) in [6.45, 7) is 6.72. The number of nitrogens with one attached hydrogen (secondary N) is 2. The molecule has 2 N–H and O–H groups in total. The van der Waals surface area contributed by atoms with Gasteiger partial charge in [0.25, 0.3) is 0 Å². The number of hydrogen-bond acceptors (Lipinski definition) is 6. The predicted molar refractivity (Wildman–Crippen MR) is 119 cm³/mol. The molecule has 0 atom stereocenters. The van der Waals surface area contributed by atoms with Gasteiger partial charge in [0, 0.05) is 64.1 Å². The van der Waals surface area contributed by atoms with Crippen LogP contribution in [-0.4, -0.2) is 70.0 Å². The SMILES string of the molecule is CCc1nsc(N2CCN(C(=NC)NCCCc3nc4ccccc4[nH]3)CC2)n1. The van der Waals surface area contributed by atoms with Crippen LogP contribution in [0.3, 0.4) is 0 Å². The van der Waals surface area contributed by atoms with Crippen molar-refractivity contribution in [3.05, 3.63) is 35.9 Å². The molecule has 1 saturated heterocycles. The molecule has 29 heavy (non-hydrogen) atoms. The number of anilines is 1. The molecule has 9 heteroatoms. The van der Waals surface area contributed by atoms with Crippen molar-refractivity contribution in [1.29, 1.82) is 0 Å². The number of H-pyrrole nitrogens is 1. The molecule has 8 nitrogen and oxygen atoms in total. The van der Waals surface area contributed by atoms with Crippen molar-refractivity contribution in [2.75, 3.05) is 44.7 Å². The normalized spacial score (nSPS) is 15.3. The predicted octanol–water partition coefficient (Wildman–Crippen LogP) is 2.31. The highest BCUT2D eigenvalue weighted by molar-refractivity contribution is 7.09. The van der Waals surface area contributed by atoms with Crippen LogP contribution in [0, 0.1) is 0 Å². The van der Waals surface area contributed by atoms with E-state index in [4.69, 9.17) is 0 Å². The number of aryl methyl sites for hydroxylation is 2. The Labute approximate surface area is 175 Å². The lowest BCUT2D eigenvalue weighted by atomic mass is 10.3. The fourth-order valence-electron chi connectivity index (χ4n) is 3.54. The Kier molecular flexibility index (Phi) is 6.24. The average Bonchev–Trinajstić information content (AvgIpc) is 3.41. The number of aromatic amines is 1. The summed E-state index contributed by atoms with van der Waals surface area (Å²) in [4.78, 5) is 21.8. The van der Waals surface area contributed by atoms with Crippen molar-refractivity contribution in [2.45, 2.75) is 26.2 Å². The Hall–Kier alpha value is -2.68. The van der Waals surface area contributed by atoms with Gasteiger partial charge in [-0.2, -0.15) is 4.37 Å². The summed E-state index contributed by atoms with van der Waals surface area (Å²) in [5, 5.41) is 4.54. The van der Waals surface area contributed by atoms with Gasteiger partial charge in [0.2, 0.25) is 5.13 Å². The van der Waals surface area contributed by atoms with E-state index in [0.717, 1.165) is 85.8 Å². The molecule has 1 aliphatic rings. The van der Waals surface area contributed by atoms with Gasteiger partial charge in [0.1, 0.15) is 11.6 Å². The molecule has 3 heterocycles. The van der Waals surface area contributed by atoms with Crippen LogP contribution in [0.25, 0.3) is 11.0 Å². The summed E-state index contributed by atoms with van der Waals surface area (Å²) in [5.74, 6) is 2.95. The molecular weight excluding hydrogens is 384 g/mol. The van der Waals surface area contributed by atoms with Crippen LogP contribution in [0.15, 0.2) is 29.3 Å². The van der Waals surface area contributed by atoms with E-state index in [1.54, 1.807) is 0 Å². The number of piperazine rings is 1. The van der Waals surface area contributed by atoms with Crippen LogP contribution < -0.4 is 10.2 Å². The number of guanidine groups is 1. The molecule has 1 aliphatic heterocycles. The molecule has 0 amide bonds. The molecule has 0 unspecified atom stereocenters. The van der Waals surface area contributed by atoms with Crippen LogP contribution in [-0.2, 0) is 12.8 Å². The molecule has 3 aromatic rings. The summed E-state index contributed by atoms with van der Waals surface area (Å²) < 4.78 is 4.40. The molecule has 1 fully saturated rings. The molecule has 2 aromatic heterocycles. The molecule has 1 aromatic carbocycles. The summed E-state index contributed by atoms with van der Waals surface area (Å²) in [6.07, 6.45) is 2.81. The van der Waals surface area contributed by atoms with E-state index < -0.39 is 0 Å². The highest BCUT2D eigenvalue weighted by atomic mass is 32.1. The number of fused-ring (bicyclic) bond motifs is 1. The lowest BCUT2D eigenvalue weighted by molar-refractivity contribution is 0.372. The van der Waals surface area contributed by atoms with Crippen LogP contribution in [0.1, 0.15) is 25.0 Å². The third kappa shape index (κ3) is 4.67. The van der Waals surface area contributed by atoms with Crippen molar-refractivity contribution < 1.29 is 0 Å². The average molecular weight is 413 g/mol. The first-order valence-electron chi connectivity index (χ1n) is 10.2. The maximum Gasteiger partial charge on any atom is 0.205 e. The van der Waals surface area contributed by atoms with Gasteiger partial charge in [0.05, 0.1) is 11.0 Å². The molecule has 154 valence electrons. The highest BCUT2D eigenvalue weighted by Crippen LogP contribution is 2.19. The Balaban J connectivity index is 1.22. The summed E-state index contributed by atoms with van der Waals surface area (Å²) in [7, 11) is 1.85. The molecule has 0 saturated carbocycles. The first-order chi connectivity index (χ1) is 14.3. The van der Waals surface area contributed by atoms with Crippen molar-refractivity contribution in [3.63, 3.8) is 0 Å². The standard InChI is InChI=1S/C20H28N8S/c1-3-17-25-20(29-26-17)28-13-11-27(12-14-28)19(21-2)22-10-6-9-18-23-15-7-4-5-8-16(15)24-18/h4-5,7-8H,3,6,9-14H2,1-2H3,(H,21,22)(H,23,24). The van der Waals surface area contributed by atoms with E-state index in [0.29, 0.717) is 0 Å². The second-order valence-electron chi connectivity index (χ2n) is 7.10. The van der Waals surface area contributed by atoms with E-state index >= 15 is 0 Å². The fourth-order valence-corrected chi connectivity index (χ4v) is 4.34. The third-order valence-corrected chi connectivity index (χ3v) is 5.96. The van der Waals surface area contributed by atoms with E-state index in [1.165, 1.54) is 11.5 Å². The van der Waals surface area contributed by atoms with Crippen molar-refractivity contribution in [3.8, 4) is 0 Å². The summed E-state index contributed by atoms with van der Waals surface area (Å²) >= 11 is 1.50. The zero-order valence-electron chi connectivity index (χ0n) is 17.1. The number of benzene rings is 1. The molecule has 0 aliphatic carbocycles. The Morgan fingerprint density at radius 2 is 2.03 bits per heavy atom. The van der Waals surface area contributed by atoms with E-state index in [9.17, 15) is 0 Å². The molecule has 0 spiro atoms. The van der Waals surface area contributed by atoms with Gasteiger partial charge in [-0.15, -0.1) is 0 Å².